The molecule has 2 heteroatoms. The largest absolute Gasteiger partial charge is 0.392 e. The van der Waals surface area contributed by atoms with Gasteiger partial charge < -0.3 is 5.11 Å². The minimum Gasteiger partial charge on any atom is -0.392 e. The summed E-state index contributed by atoms with van der Waals surface area (Å²) in [4.78, 5) is 11.8. The molecule has 0 unspecified atom stereocenters. The number of carbonyl (C=O) groups excluding carboxylic acids is 1. The lowest BCUT2D eigenvalue weighted by atomic mass is 9.59. The summed E-state index contributed by atoms with van der Waals surface area (Å²) in [5.74, 6) is 2.08. The first kappa shape index (κ1) is 10.5. The van der Waals surface area contributed by atoms with Crippen molar-refractivity contribution < 1.29 is 9.90 Å². The quantitative estimate of drug-likeness (QED) is 0.861. The monoisotopic (exact) mass is 240 g/mol. The van der Waals surface area contributed by atoms with Gasteiger partial charge in [0.15, 0.2) is 0 Å². The average Bonchev–Trinajstić information content (AvgIpc) is 2.85. The maximum Gasteiger partial charge on any atom is 0.136 e. The number of hydrogen-bond donors (Lipinski definition) is 1. The van der Waals surface area contributed by atoms with Crippen LogP contribution in [0, 0.1) is 23.7 Å². The highest BCUT2D eigenvalue weighted by Gasteiger charge is 2.59. The predicted octanol–water partition coefficient (Wildman–Crippen LogP) is 2.29. The van der Waals surface area contributed by atoms with Crippen LogP contribution in [0.3, 0.4) is 0 Å². The molecule has 3 aliphatic carbocycles. The number of Topliss-reactive ketones (excluding diaryl/α,β-unsaturated/α-hetero) is 1. The molecule has 0 aliphatic heterocycles. The second kappa shape index (κ2) is 3.55. The zero-order chi connectivity index (χ0) is 12.3. The number of fused-ring (bicyclic) bond motifs is 5. The Hall–Kier alpha value is -1.41. The lowest BCUT2D eigenvalue weighted by Crippen LogP contribution is -2.39. The summed E-state index contributed by atoms with van der Waals surface area (Å²) in [6.07, 6.45) is 1.81. The molecular weight excluding hydrogens is 224 g/mol. The van der Waals surface area contributed by atoms with E-state index in [2.05, 4.69) is 12.1 Å². The molecule has 0 saturated heterocycles. The molecule has 1 aromatic rings. The van der Waals surface area contributed by atoms with Gasteiger partial charge in [0.2, 0.25) is 0 Å². The van der Waals surface area contributed by atoms with Gasteiger partial charge in [-0.3, -0.25) is 4.79 Å². The number of benzene rings is 1. The van der Waals surface area contributed by atoms with Gasteiger partial charge in [0.25, 0.3) is 0 Å². The maximum absolute atomic E-state index is 11.8. The summed E-state index contributed by atoms with van der Waals surface area (Å²) in [6, 6.07) is 10.3. The summed E-state index contributed by atoms with van der Waals surface area (Å²) < 4.78 is 0. The molecule has 1 aromatic carbocycles. The number of rotatable bonds is 2. The third kappa shape index (κ3) is 1.14. The highest BCUT2D eigenvalue weighted by molar-refractivity contribution is 5.91. The molecule has 0 spiro atoms. The van der Waals surface area contributed by atoms with Crippen molar-refractivity contribution in [3.63, 3.8) is 0 Å². The fraction of sp³-hybridized carbons (Fsp3) is 0.438. The van der Waals surface area contributed by atoms with Crippen molar-refractivity contribution in [2.24, 2.45) is 23.7 Å². The molecule has 0 amide bonds. The number of allylic oxidation sites excluding steroid dienone is 1. The Kier molecular flexibility index (Phi) is 2.07. The molecule has 0 aromatic heterocycles. The topological polar surface area (TPSA) is 37.3 Å². The summed E-state index contributed by atoms with van der Waals surface area (Å²) in [7, 11) is 0. The smallest absolute Gasteiger partial charge is 0.136 e. The van der Waals surface area contributed by atoms with Crippen LogP contribution in [0.15, 0.2) is 35.9 Å². The lowest BCUT2D eigenvalue weighted by molar-refractivity contribution is -0.123. The number of carbonyl (C=O) groups is 1. The Labute approximate surface area is 106 Å². The third-order valence-corrected chi connectivity index (χ3v) is 5.10. The van der Waals surface area contributed by atoms with Gasteiger partial charge in [-0.25, -0.2) is 0 Å². The van der Waals surface area contributed by atoms with Crippen LogP contribution in [-0.2, 0) is 4.79 Å². The van der Waals surface area contributed by atoms with Crippen LogP contribution in [0.1, 0.15) is 18.4 Å². The Balaban J connectivity index is 1.80. The molecule has 4 atom stereocenters. The minimum atomic E-state index is 0.113. The normalized spacial score (nSPS) is 36.8. The van der Waals surface area contributed by atoms with E-state index in [4.69, 9.17) is 0 Å². The van der Waals surface area contributed by atoms with Gasteiger partial charge >= 0.3 is 0 Å². The molecule has 2 nitrogen and oxygen atoms in total. The molecule has 2 saturated carbocycles. The Morgan fingerprint density at radius 1 is 1.17 bits per heavy atom. The summed E-state index contributed by atoms with van der Waals surface area (Å²) in [5.41, 5.74) is 3.71. The van der Waals surface area contributed by atoms with Gasteiger partial charge in [-0.05, 0) is 40.9 Å². The molecule has 2 bridgehead atoms. The highest BCUT2D eigenvalue weighted by Crippen LogP contribution is 2.64. The number of aliphatic hydroxyl groups excluding tert-OH is 1. The molecule has 2 fully saturated rings. The standard InChI is InChI=1S/C16H16O2/c17-8-12-14(9-4-2-1-3-5-9)15-10-6-11(16(12)15)13(18)7-10/h1-5,10-11,15-17H,6-8H2/t10-,11+,15+,16-/m1/s1. The van der Waals surface area contributed by atoms with Gasteiger partial charge in [0.05, 0.1) is 6.61 Å². The molecule has 1 N–H and O–H groups in total. The highest BCUT2D eigenvalue weighted by atomic mass is 16.3. The van der Waals surface area contributed by atoms with Gasteiger partial charge in [0, 0.05) is 12.3 Å². The molecule has 92 valence electrons. The zero-order valence-corrected chi connectivity index (χ0v) is 10.2. The van der Waals surface area contributed by atoms with Gasteiger partial charge in [-0.1, -0.05) is 30.3 Å². The fourth-order valence-electron chi connectivity index (χ4n) is 4.47. The number of ketones is 1. The van der Waals surface area contributed by atoms with E-state index in [1.807, 2.05) is 18.2 Å². The van der Waals surface area contributed by atoms with Crippen molar-refractivity contribution in [3.05, 3.63) is 41.5 Å². The second-order valence-electron chi connectivity index (χ2n) is 5.79. The molecule has 0 radical (unpaired) electrons. The van der Waals surface area contributed by atoms with Crippen LogP contribution in [0.25, 0.3) is 5.57 Å². The van der Waals surface area contributed by atoms with Crippen LogP contribution in [0.2, 0.25) is 0 Å². The van der Waals surface area contributed by atoms with Crippen molar-refractivity contribution in [1.82, 2.24) is 0 Å². The number of hydrogen-bond acceptors (Lipinski definition) is 2. The van der Waals surface area contributed by atoms with Gasteiger partial charge in [-0.15, -0.1) is 0 Å². The lowest BCUT2D eigenvalue weighted by Gasteiger charge is -2.44. The van der Waals surface area contributed by atoms with E-state index in [9.17, 15) is 9.90 Å². The molecular formula is C16H16O2. The summed E-state index contributed by atoms with van der Waals surface area (Å²) in [6.45, 7) is 0.113. The third-order valence-electron chi connectivity index (χ3n) is 5.10. The van der Waals surface area contributed by atoms with Crippen LogP contribution < -0.4 is 0 Å². The first-order valence-electron chi connectivity index (χ1n) is 6.73. The zero-order valence-electron chi connectivity index (χ0n) is 10.2. The Morgan fingerprint density at radius 3 is 2.67 bits per heavy atom. The fourth-order valence-corrected chi connectivity index (χ4v) is 4.47. The van der Waals surface area contributed by atoms with Crippen LogP contribution in [0.4, 0.5) is 0 Å². The summed E-state index contributed by atoms with van der Waals surface area (Å²) in [5, 5.41) is 9.61. The SMILES string of the molecule is O=C1C[C@H]2C[C@@H]1[C@@H]1C(CO)=C(c3ccccc3)[C@H]21. The van der Waals surface area contributed by atoms with Crippen molar-refractivity contribution >= 4 is 11.4 Å². The van der Waals surface area contributed by atoms with E-state index >= 15 is 0 Å². The van der Waals surface area contributed by atoms with Crippen molar-refractivity contribution in [2.75, 3.05) is 6.61 Å². The Bertz CT molecular complexity index is 543. The van der Waals surface area contributed by atoms with E-state index in [0.29, 0.717) is 23.5 Å². The van der Waals surface area contributed by atoms with Crippen molar-refractivity contribution in [3.8, 4) is 0 Å². The molecule has 18 heavy (non-hydrogen) atoms. The predicted molar refractivity (Wildman–Crippen MR) is 68.6 cm³/mol. The van der Waals surface area contributed by atoms with E-state index < -0.39 is 0 Å². The van der Waals surface area contributed by atoms with Crippen molar-refractivity contribution in [2.45, 2.75) is 12.8 Å². The number of aliphatic hydroxyl groups is 1. The van der Waals surface area contributed by atoms with E-state index in [-0.39, 0.29) is 12.5 Å². The average molecular weight is 240 g/mol. The van der Waals surface area contributed by atoms with Gasteiger partial charge in [-0.2, -0.15) is 0 Å². The van der Waals surface area contributed by atoms with E-state index in [1.165, 1.54) is 11.1 Å². The maximum atomic E-state index is 11.8. The van der Waals surface area contributed by atoms with E-state index in [1.54, 1.807) is 0 Å². The molecule has 4 rings (SSSR count). The van der Waals surface area contributed by atoms with Crippen LogP contribution >= 0.6 is 0 Å². The Morgan fingerprint density at radius 2 is 1.94 bits per heavy atom. The molecule has 0 heterocycles. The summed E-state index contributed by atoms with van der Waals surface area (Å²) >= 11 is 0. The minimum absolute atomic E-state index is 0.113. The first-order valence-corrected chi connectivity index (χ1v) is 6.73. The van der Waals surface area contributed by atoms with Crippen molar-refractivity contribution in [1.29, 1.82) is 0 Å². The first-order chi connectivity index (χ1) is 8.81. The second-order valence-corrected chi connectivity index (χ2v) is 5.79. The van der Waals surface area contributed by atoms with Crippen LogP contribution in [0.5, 0.6) is 0 Å². The van der Waals surface area contributed by atoms with Crippen LogP contribution in [-0.4, -0.2) is 17.5 Å². The molecule has 3 aliphatic rings. The van der Waals surface area contributed by atoms with Gasteiger partial charge in [0.1, 0.15) is 5.78 Å². The van der Waals surface area contributed by atoms with E-state index in [0.717, 1.165) is 18.4 Å².